The van der Waals surface area contributed by atoms with Crippen LogP contribution in [-0.2, 0) is 4.79 Å². The molecule has 0 unspecified atom stereocenters. The maximum Gasteiger partial charge on any atom is 0.293 e. The number of ketones is 1. The second-order valence-corrected chi connectivity index (χ2v) is 8.30. The van der Waals surface area contributed by atoms with Crippen LogP contribution < -0.4 is 4.74 Å². The van der Waals surface area contributed by atoms with Gasteiger partial charge >= 0.3 is 0 Å². The summed E-state index contributed by atoms with van der Waals surface area (Å²) in [4.78, 5) is 38.4. The number of hydrogen-bond donors (Lipinski definition) is 1. The second kappa shape index (κ2) is 9.02. The largest absolute Gasteiger partial charge is 0.503 e. The number of Topliss-reactive ketones (excluding diaryl/α,β-unsaturated/α-hetero) is 1. The van der Waals surface area contributed by atoms with Crippen molar-refractivity contribution in [2.75, 3.05) is 13.2 Å². The number of hydrogen-bond acceptors (Lipinski definition) is 6. The van der Waals surface area contributed by atoms with Gasteiger partial charge in [0.25, 0.3) is 11.1 Å². The fraction of sp³-hybridized carbons (Fsp3) is 0.150. The number of rotatable bonds is 6. The highest BCUT2D eigenvalue weighted by Gasteiger charge is 2.36. The SMILES string of the molecule is CCOc1cc(/C=C2\SC(=O)N(CC(=O)c3ccc(Br)cc3)C2=O)cc(Cl)c1O. The number of amides is 2. The molecule has 0 atom stereocenters. The summed E-state index contributed by atoms with van der Waals surface area (Å²) in [5.74, 6) is -0.922. The highest BCUT2D eigenvalue weighted by atomic mass is 79.9. The molecule has 150 valence electrons. The van der Waals surface area contributed by atoms with E-state index in [-0.39, 0.29) is 33.8 Å². The first kappa shape index (κ1) is 21.4. The van der Waals surface area contributed by atoms with Gasteiger partial charge in [0.2, 0.25) is 0 Å². The molecule has 0 spiro atoms. The minimum atomic E-state index is -0.562. The van der Waals surface area contributed by atoms with E-state index in [1.807, 2.05) is 0 Å². The Kier molecular flexibility index (Phi) is 6.66. The lowest BCUT2D eigenvalue weighted by Gasteiger charge is -2.11. The monoisotopic (exact) mass is 495 g/mol. The van der Waals surface area contributed by atoms with Crippen molar-refractivity contribution in [2.45, 2.75) is 6.92 Å². The zero-order valence-corrected chi connectivity index (χ0v) is 18.3. The molecular formula is C20H15BrClNO5S. The molecule has 0 radical (unpaired) electrons. The summed E-state index contributed by atoms with van der Waals surface area (Å²) in [6, 6.07) is 9.65. The maximum atomic E-state index is 12.6. The van der Waals surface area contributed by atoms with Crippen molar-refractivity contribution in [1.29, 1.82) is 0 Å². The van der Waals surface area contributed by atoms with Crippen molar-refractivity contribution in [3.05, 3.63) is 61.9 Å². The van der Waals surface area contributed by atoms with E-state index >= 15 is 0 Å². The molecule has 1 N–H and O–H groups in total. The van der Waals surface area contributed by atoms with E-state index in [0.717, 1.165) is 21.1 Å². The van der Waals surface area contributed by atoms with Crippen LogP contribution in [0.5, 0.6) is 11.5 Å². The molecule has 1 heterocycles. The average molecular weight is 497 g/mol. The van der Waals surface area contributed by atoms with Crippen LogP contribution in [0.1, 0.15) is 22.8 Å². The van der Waals surface area contributed by atoms with E-state index in [9.17, 15) is 19.5 Å². The third kappa shape index (κ3) is 4.83. The molecule has 1 aliphatic heterocycles. The number of ether oxygens (including phenoxy) is 1. The standard InChI is InChI=1S/C20H15BrClNO5S/c1-2-28-16-8-11(7-14(22)18(16)25)9-17-19(26)23(20(27)29-17)10-15(24)12-3-5-13(21)6-4-12/h3-9,25H,2,10H2,1H3/b17-9-. The average Bonchev–Trinajstić information content (AvgIpc) is 2.93. The predicted molar refractivity (Wildman–Crippen MR) is 115 cm³/mol. The molecule has 0 saturated carbocycles. The number of halogens is 2. The normalized spacial score (nSPS) is 15.3. The van der Waals surface area contributed by atoms with Crippen LogP contribution >= 0.6 is 39.3 Å². The smallest absolute Gasteiger partial charge is 0.293 e. The maximum absolute atomic E-state index is 12.6. The molecule has 29 heavy (non-hydrogen) atoms. The third-order valence-corrected chi connectivity index (χ3v) is 5.71. The van der Waals surface area contributed by atoms with Gasteiger partial charge in [-0.25, -0.2) is 0 Å². The van der Waals surface area contributed by atoms with Gasteiger partial charge in [-0.1, -0.05) is 39.7 Å². The molecule has 6 nitrogen and oxygen atoms in total. The summed E-state index contributed by atoms with van der Waals surface area (Å²) in [6.07, 6.45) is 1.48. The molecule has 0 aliphatic carbocycles. The molecule has 0 bridgehead atoms. The van der Waals surface area contributed by atoms with E-state index < -0.39 is 11.1 Å². The summed E-state index contributed by atoms with van der Waals surface area (Å²) in [5.41, 5.74) is 0.892. The van der Waals surface area contributed by atoms with Gasteiger partial charge in [-0.2, -0.15) is 0 Å². The van der Waals surface area contributed by atoms with Crippen molar-refractivity contribution in [3.8, 4) is 11.5 Å². The summed E-state index contributed by atoms with van der Waals surface area (Å²) in [6.45, 7) is 1.74. The molecule has 3 rings (SSSR count). The minimum absolute atomic E-state index is 0.0619. The first-order valence-electron chi connectivity index (χ1n) is 8.49. The molecule has 2 aromatic rings. The molecule has 2 aromatic carbocycles. The van der Waals surface area contributed by atoms with Gasteiger partial charge in [-0.15, -0.1) is 0 Å². The second-order valence-electron chi connectivity index (χ2n) is 5.98. The molecule has 9 heteroatoms. The molecule has 2 amide bonds. The zero-order valence-electron chi connectivity index (χ0n) is 15.1. The lowest BCUT2D eigenvalue weighted by atomic mass is 10.1. The van der Waals surface area contributed by atoms with Crippen molar-refractivity contribution in [3.63, 3.8) is 0 Å². The molecular weight excluding hydrogens is 482 g/mol. The van der Waals surface area contributed by atoms with Gasteiger partial charge in [0.1, 0.15) is 0 Å². The van der Waals surface area contributed by atoms with Crippen LogP contribution in [-0.4, -0.2) is 40.1 Å². The molecule has 1 saturated heterocycles. The zero-order chi connectivity index (χ0) is 21.1. The molecule has 1 aliphatic rings. The Labute approximate surface area is 184 Å². The van der Waals surface area contributed by atoms with Gasteiger partial charge in [-0.3, -0.25) is 19.3 Å². The van der Waals surface area contributed by atoms with E-state index in [2.05, 4.69) is 15.9 Å². The Morgan fingerprint density at radius 3 is 2.62 bits per heavy atom. The van der Waals surface area contributed by atoms with Crippen LogP contribution in [0.15, 0.2) is 45.8 Å². The van der Waals surface area contributed by atoms with Crippen LogP contribution in [0, 0.1) is 0 Å². The Bertz CT molecular complexity index is 1020. The minimum Gasteiger partial charge on any atom is -0.503 e. The van der Waals surface area contributed by atoms with E-state index in [0.29, 0.717) is 17.7 Å². The summed E-state index contributed by atoms with van der Waals surface area (Å²) < 4.78 is 6.14. The van der Waals surface area contributed by atoms with Crippen molar-refractivity contribution in [1.82, 2.24) is 4.90 Å². The summed E-state index contributed by atoms with van der Waals surface area (Å²) >= 11 is 10.0. The quantitative estimate of drug-likeness (QED) is 0.441. The van der Waals surface area contributed by atoms with Crippen LogP contribution in [0.25, 0.3) is 6.08 Å². The first-order chi connectivity index (χ1) is 13.8. The third-order valence-electron chi connectivity index (χ3n) is 3.99. The van der Waals surface area contributed by atoms with Crippen LogP contribution in [0.3, 0.4) is 0 Å². The molecule has 0 aromatic heterocycles. The number of carbonyl (C=O) groups excluding carboxylic acids is 3. The topological polar surface area (TPSA) is 83.9 Å². The fourth-order valence-electron chi connectivity index (χ4n) is 2.60. The number of aromatic hydroxyl groups is 1. The van der Waals surface area contributed by atoms with Gasteiger partial charge in [0.15, 0.2) is 17.3 Å². The van der Waals surface area contributed by atoms with Crippen LogP contribution in [0.2, 0.25) is 5.02 Å². The number of carbonyl (C=O) groups is 3. The molecule has 1 fully saturated rings. The Morgan fingerprint density at radius 1 is 1.28 bits per heavy atom. The Balaban J connectivity index is 1.81. The highest BCUT2D eigenvalue weighted by molar-refractivity contribution is 9.10. The number of thioether (sulfide) groups is 1. The first-order valence-corrected chi connectivity index (χ1v) is 10.5. The highest BCUT2D eigenvalue weighted by Crippen LogP contribution is 2.38. The number of phenolic OH excluding ortho intramolecular Hbond substituents is 1. The number of nitrogens with zero attached hydrogens (tertiary/aromatic N) is 1. The van der Waals surface area contributed by atoms with Gasteiger partial charge in [-0.05, 0) is 54.6 Å². The summed E-state index contributed by atoms with van der Waals surface area (Å²) in [5, 5.41) is 9.46. The van der Waals surface area contributed by atoms with Gasteiger partial charge < -0.3 is 9.84 Å². The fourth-order valence-corrected chi connectivity index (χ4v) is 3.92. The number of phenols is 1. The van der Waals surface area contributed by atoms with Crippen LogP contribution in [0.4, 0.5) is 4.79 Å². The number of benzene rings is 2. The van der Waals surface area contributed by atoms with Crippen molar-refractivity contribution < 1.29 is 24.2 Å². The Hall–Kier alpha value is -2.29. The van der Waals surface area contributed by atoms with E-state index in [1.54, 1.807) is 31.2 Å². The number of imide groups is 1. The van der Waals surface area contributed by atoms with Crippen molar-refractivity contribution in [2.24, 2.45) is 0 Å². The Morgan fingerprint density at radius 2 is 1.97 bits per heavy atom. The lowest BCUT2D eigenvalue weighted by molar-refractivity contribution is -0.122. The van der Waals surface area contributed by atoms with Gasteiger partial charge in [0.05, 0.1) is 23.1 Å². The van der Waals surface area contributed by atoms with E-state index in [4.69, 9.17) is 16.3 Å². The predicted octanol–water partition coefficient (Wildman–Crippen LogP) is 5.13. The summed E-state index contributed by atoms with van der Waals surface area (Å²) in [7, 11) is 0. The lowest BCUT2D eigenvalue weighted by Crippen LogP contribution is -2.33. The van der Waals surface area contributed by atoms with Crippen molar-refractivity contribution >= 4 is 62.3 Å². The van der Waals surface area contributed by atoms with E-state index in [1.165, 1.54) is 18.2 Å². The van der Waals surface area contributed by atoms with Gasteiger partial charge in [0, 0.05) is 10.0 Å².